The van der Waals surface area contributed by atoms with Crippen molar-refractivity contribution >= 4 is 20.2 Å². The van der Waals surface area contributed by atoms with E-state index in [1.54, 1.807) is 26.0 Å². The van der Waals surface area contributed by atoms with E-state index in [9.17, 15) is 16.8 Å². The minimum absolute atomic E-state index is 0.125. The molecule has 8 heteroatoms. The van der Waals surface area contributed by atoms with Crippen LogP contribution in [0.15, 0.2) is 84.9 Å². The fourth-order valence-electron chi connectivity index (χ4n) is 5.37. The molecule has 0 saturated carbocycles. The number of aryl methyl sites for hydroxylation is 2. The van der Waals surface area contributed by atoms with Crippen LogP contribution in [0, 0.1) is 13.8 Å². The van der Waals surface area contributed by atoms with E-state index in [-0.39, 0.29) is 11.5 Å². The molecule has 39 heavy (non-hydrogen) atoms. The van der Waals surface area contributed by atoms with Gasteiger partial charge in [0.25, 0.3) is 0 Å². The Morgan fingerprint density at radius 2 is 0.974 bits per heavy atom. The van der Waals surface area contributed by atoms with Gasteiger partial charge in [-0.15, -0.1) is 0 Å². The van der Waals surface area contributed by atoms with Gasteiger partial charge in [0, 0.05) is 0 Å². The van der Waals surface area contributed by atoms with Gasteiger partial charge in [0.15, 0.2) is 0 Å². The molecule has 0 aliphatic heterocycles. The van der Waals surface area contributed by atoms with Gasteiger partial charge in [-0.3, -0.25) is 0 Å². The molecule has 0 aromatic heterocycles. The molecule has 0 amide bonds. The van der Waals surface area contributed by atoms with Gasteiger partial charge in [-0.2, -0.15) is 16.8 Å². The minimum Gasteiger partial charge on any atom is -0.382 e. The Bertz CT molecular complexity index is 1660. The van der Waals surface area contributed by atoms with Crippen molar-refractivity contribution < 1.29 is 25.2 Å². The summed E-state index contributed by atoms with van der Waals surface area (Å²) in [6, 6.07) is 27.7. The zero-order valence-corrected chi connectivity index (χ0v) is 23.9. The molecule has 4 aromatic carbocycles. The zero-order chi connectivity index (χ0) is 28.0. The first-order valence-electron chi connectivity index (χ1n) is 12.8. The van der Waals surface area contributed by atoms with Crippen LogP contribution in [0.4, 0.5) is 0 Å². The van der Waals surface area contributed by atoms with E-state index in [0.717, 1.165) is 33.4 Å². The van der Waals surface area contributed by atoms with Crippen molar-refractivity contribution in [2.75, 3.05) is 11.5 Å². The van der Waals surface area contributed by atoms with Crippen molar-refractivity contribution in [3.05, 3.63) is 118 Å². The molecule has 0 atom stereocenters. The highest BCUT2D eigenvalue weighted by atomic mass is 32.2. The first-order chi connectivity index (χ1) is 18.5. The van der Waals surface area contributed by atoms with Crippen LogP contribution in [-0.4, -0.2) is 28.3 Å². The maximum atomic E-state index is 12.2. The topological polar surface area (TPSA) is 86.7 Å². The minimum atomic E-state index is -3.68. The lowest BCUT2D eigenvalue weighted by Crippen LogP contribution is -2.29. The maximum Gasteiger partial charge on any atom is 0.308 e. The van der Waals surface area contributed by atoms with Crippen molar-refractivity contribution in [1.82, 2.24) is 0 Å². The summed E-state index contributed by atoms with van der Waals surface area (Å²) in [6.45, 7) is 6.76. The van der Waals surface area contributed by atoms with E-state index >= 15 is 0 Å². The van der Waals surface area contributed by atoms with Crippen LogP contribution in [0.2, 0.25) is 0 Å². The normalized spacial score (nSPS) is 13.9. The predicted molar refractivity (Wildman–Crippen MR) is 153 cm³/mol. The molecule has 0 N–H and O–H groups in total. The van der Waals surface area contributed by atoms with Gasteiger partial charge >= 0.3 is 20.2 Å². The molecule has 4 aromatic rings. The Labute approximate surface area is 230 Å². The molecule has 0 heterocycles. The fourth-order valence-corrected chi connectivity index (χ4v) is 6.52. The van der Waals surface area contributed by atoms with Gasteiger partial charge in [0.05, 0.1) is 16.9 Å². The van der Waals surface area contributed by atoms with Gasteiger partial charge in [-0.25, -0.2) is 0 Å². The lowest BCUT2D eigenvalue weighted by atomic mass is 9.67. The molecule has 0 bridgehead atoms. The molecule has 202 valence electrons. The summed E-state index contributed by atoms with van der Waals surface area (Å²) in [5.41, 5.74) is 6.88. The zero-order valence-electron chi connectivity index (χ0n) is 22.3. The second-order valence-corrected chi connectivity index (χ2v) is 13.4. The van der Waals surface area contributed by atoms with E-state index in [1.165, 1.54) is 0 Å². The molecule has 0 saturated heterocycles. The van der Waals surface area contributed by atoms with E-state index in [2.05, 4.69) is 24.3 Å². The SMILES string of the molecule is CCS(=O)(=O)Oc1ccc(C2(c3ccc(OS(=O)(=O)CC)c(C)c3)c3ccccc3-c3ccccc32)cc1C. The molecule has 1 aliphatic rings. The fraction of sp³-hybridized carbons (Fsp3) is 0.226. The highest BCUT2D eigenvalue weighted by Gasteiger charge is 2.46. The highest BCUT2D eigenvalue weighted by molar-refractivity contribution is 7.87. The molecular formula is C31H30O6S2. The summed E-state index contributed by atoms with van der Waals surface area (Å²) < 4.78 is 59.5. The van der Waals surface area contributed by atoms with E-state index in [1.807, 2.05) is 62.4 Å². The van der Waals surface area contributed by atoms with Crippen LogP contribution in [-0.2, 0) is 25.7 Å². The van der Waals surface area contributed by atoms with Crippen molar-refractivity contribution in [3.63, 3.8) is 0 Å². The van der Waals surface area contributed by atoms with Crippen molar-refractivity contribution in [2.24, 2.45) is 0 Å². The monoisotopic (exact) mass is 562 g/mol. The lowest BCUT2D eigenvalue weighted by Gasteiger charge is -2.34. The smallest absolute Gasteiger partial charge is 0.308 e. The van der Waals surface area contributed by atoms with Crippen LogP contribution in [0.3, 0.4) is 0 Å². The quantitative estimate of drug-likeness (QED) is 0.212. The number of rotatable bonds is 8. The third kappa shape index (κ3) is 4.61. The number of hydrogen-bond acceptors (Lipinski definition) is 6. The van der Waals surface area contributed by atoms with Crippen molar-refractivity contribution in [2.45, 2.75) is 33.1 Å². The van der Waals surface area contributed by atoms with Crippen LogP contribution in [0.25, 0.3) is 11.1 Å². The number of benzene rings is 4. The van der Waals surface area contributed by atoms with Crippen LogP contribution in [0.5, 0.6) is 11.5 Å². The summed E-state index contributed by atoms with van der Waals surface area (Å²) in [6.07, 6.45) is 0. The third-order valence-electron chi connectivity index (χ3n) is 7.31. The molecule has 0 spiro atoms. The predicted octanol–water partition coefficient (Wildman–Crippen LogP) is 6.12. The van der Waals surface area contributed by atoms with E-state index in [0.29, 0.717) is 22.6 Å². The summed E-state index contributed by atoms with van der Waals surface area (Å²) >= 11 is 0. The largest absolute Gasteiger partial charge is 0.382 e. The summed E-state index contributed by atoms with van der Waals surface area (Å²) in [4.78, 5) is 0. The van der Waals surface area contributed by atoms with Gasteiger partial charge in [-0.1, -0.05) is 72.8 Å². The molecule has 0 unspecified atom stereocenters. The second kappa shape index (κ2) is 9.84. The molecule has 0 fully saturated rings. The summed E-state index contributed by atoms with van der Waals surface area (Å²) in [5.74, 6) is 0.334. The number of hydrogen-bond donors (Lipinski definition) is 0. The maximum absolute atomic E-state index is 12.2. The molecule has 5 rings (SSSR count). The lowest BCUT2D eigenvalue weighted by molar-refractivity contribution is 0.484. The van der Waals surface area contributed by atoms with E-state index < -0.39 is 25.7 Å². The Hall–Kier alpha value is -3.62. The molecule has 1 aliphatic carbocycles. The van der Waals surface area contributed by atoms with Crippen LogP contribution < -0.4 is 8.37 Å². The first-order valence-corrected chi connectivity index (χ1v) is 15.9. The molecular weight excluding hydrogens is 532 g/mol. The Morgan fingerprint density at radius 1 is 0.590 bits per heavy atom. The van der Waals surface area contributed by atoms with Crippen LogP contribution in [0.1, 0.15) is 47.2 Å². The molecule has 0 radical (unpaired) electrons. The van der Waals surface area contributed by atoms with Crippen LogP contribution >= 0.6 is 0 Å². The highest BCUT2D eigenvalue weighted by Crippen LogP contribution is 2.56. The second-order valence-electron chi connectivity index (χ2n) is 9.66. The third-order valence-corrected chi connectivity index (χ3v) is 9.59. The van der Waals surface area contributed by atoms with Gasteiger partial charge in [0.2, 0.25) is 0 Å². The molecule has 6 nitrogen and oxygen atoms in total. The Morgan fingerprint density at radius 3 is 1.33 bits per heavy atom. The summed E-state index contributed by atoms with van der Waals surface area (Å²) in [5, 5.41) is 0. The Kier molecular flexibility index (Phi) is 6.81. The van der Waals surface area contributed by atoms with Crippen molar-refractivity contribution in [1.29, 1.82) is 0 Å². The average Bonchev–Trinajstić information content (AvgIpc) is 3.22. The van der Waals surface area contributed by atoms with Gasteiger partial charge < -0.3 is 8.37 Å². The standard InChI is InChI=1S/C31H30O6S2/c1-5-38(32,33)36-29-17-15-23(19-21(29)3)31(24-16-18-30(22(4)20-24)37-39(34,35)6-2)27-13-9-7-11-25(27)26-12-8-10-14-28(26)31/h7-20H,5-6H2,1-4H3. The van der Waals surface area contributed by atoms with Gasteiger partial charge in [0.1, 0.15) is 11.5 Å². The van der Waals surface area contributed by atoms with Gasteiger partial charge in [-0.05, 0) is 84.3 Å². The van der Waals surface area contributed by atoms with E-state index in [4.69, 9.17) is 8.37 Å². The Balaban J connectivity index is 1.78. The van der Waals surface area contributed by atoms with Crippen molar-refractivity contribution in [3.8, 4) is 22.6 Å². The summed E-state index contributed by atoms with van der Waals surface area (Å²) in [7, 11) is -7.36. The first kappa shape index (κ1) is 27.0. The number of fused-ring (bicyclic) bond motifs is 3. The average molecular weight is 563 g/mol.